The van der Waals surface area contributed by atoms with Gasteiger partial charge in [0.2, 0.25) is 0 Å². The molecule has 0 saturated carbocycles. The number of methoxy groups -OCH3 is 1. The van der Waals surface area contributed by atoms with Gasteiger partial charge in [0.25, 0.3) is 0 Å². The zero-order chi connectivity index (χ0) is 27.4. The van der Waals surface area contributed by atoms with Crippen molar-refractivity contribution in [1.82, 2.24) is 5.32 Å². The van der Waals surface area contributed by atoms with Crippen LogP contribution in [0, 0.1) is 0 Å². The van der Waals surface area contributed by atoms with E-state index in [9.17, 15) is 4.39 Å². The van der Waals surface area contributed by atoms with Crippen LogP contribution in [0.5, 0.6) is 11.5 Å². The van der Waals surface area contributed by atoms with Crippen LogP contribution >= 0.6 is 11.8 Å². The second-order valence-corrected chi connectivity index (χ2v) is 9.87. The number of fused-ring (bicyclic) bond motifs is 1. The number of halogens is 1. The summed E-state index contributed by atoms with van der Waals surface area (Å²) < 4.78 is 25.1. The van der Waals surface area contributed by atoms with E-state index in [4.69, 9.17) is 19.3 Å². The number of nitrogens with one attached hydrogen (secondary N) is 1. The number of carbonyl (C=O) groups excluding carboxylic acids is 1. The molecule has 0 aliphatic carbocycles. The molecule has 5 nitrogen and oxygen atoms in total. The normalized spacial score (nSPS) is 18.7. The van der Waals surface area contributed by atoms with Gasteiger partial charge in [0.1, 0.15) is 35.8 Å². The Morgan fingerprint density at radius 1 is 1.11 bits per heavy atom. The second-order valence-electron chi connectivity index (χ2n) is 8.82. The van der Waals surface area contributed by atoms with Gasteiger partial charge < -0.3 is 19.6 Å². The second kappa shape index (κ2) is 14.4. The van der Waals surface area contributed by atoms with E-state index in [1.165, 1.54) is 12.2 Å². The van der Waals surface area contributed by atoms with Gasteiger partial charge in [-0.15, -0.1) is 11.8 Å². The van der Waals surface area contributed by atoms with E-state index < -0.39 is 0 Å². The Morgan fingerprint density at radius 2 is 1.76 bits per heavy atom. The summed E-state index contributed by atoms with van der Waals surface area (Å²) in [6, 6.07) is 12.0. The summed E-state index contributed by atoms with van der Waals surface area (Å²) in [5.74, 6) is 2.31. The van der Waals surface area contributed by atoms with E-state index in [0.717, 1.165) is 56.5 Å². The molecule has 3 rings (SSSR count). The fourth-order valence-corrected chi connectivity index (χ4v) is 4.92. The Kier molecular flexibility index (Phi) is 11.7. The molecule has 1 atom stereocenters. The lowest BCUT2D eigenvalue weighted by Crippen LogP contribution is -2.27. The average Bonchev–Trinajstić information content (AvgIpc) is 3.30. The van der Waals surface area contributed by atoms with Gasteiger partial charge in [-0.05, 0) is 58.4 Å². The topological polar surface area (TPSA) is 59.9 Å². The monoisotopic (exact) mass is 524 g/mol. The number of hydrogen-bond donors (Lipinski definition) is 1. The molecular formula is C30H37FN2O3S. The third-order valence-corrected chi connectivity index (χ3v) is 7.30. The number of aliphatic imine (C=N–C) groups is 1. The number of hydrogen-bond acceptors (Lipinski definition) is 6. The van der Waals surface area contributed by atoms with Gasteiger partial charge in [-0.3, -0.25) is 4.99 Å². The van der Waals surface area contributed by atoms with Crippen molar-refractivity contribution in [2.24, 2.45) is 4.99 Å². The highest BCUT2D eigenvalue weighted by molar-refractivity contribution is 8.14. The van der Waals surface area contributed by atoms with Crippen LogP contribution in [-0.4, -0.2) is 36.8 Å². The van der Waals surface area contributed by atoms with Gasteiger partial charge >= 0.3 is 0 Å². The molecule has 1 aliphatic heterocycles. The van der Waals surface area contributed by atoms with E-state index in [-0.39, 0.29) is 11.4 Å². The molecule has 2 aromatic carbocycles. The predicted octanol–water partition coefficient (Wildman–Crippen LogP) is 7.55. The summed E-state index contributed by atoms with van der Waals surface area (Å²) in [4.78, 5) is 13.0. The molecule has 1 unspecified atom stereocenters. The molecule has 2 aromatic rings. The number of thioether (sulfide) groups is 1. The summed E-state index contributed by atoms with van der Waals surface area (Å²) in [6.07, 6.45) is 7.57. The fourth-order valence-electron chi connectivity index (χ4n) is 3.85. The molecule has 0 fully saturated rings. The van der Waals surface area contributed by atoms with Crippen molar-refractivity contribution >= 4 is 34.4 Å². The molecule has 0 spiro atoms. The first-order valence-electron chi connectivity index (χ1n) is 12.1. The largest absolute Gasteiger partial charge is 0.496 e. The van der Waals surface area contributed by atoms with Gasteiger partial charge in [-0.25, -0.2) is 4.39 Å². The highest BCUT2D eigenvalue weighted by Gasteiger charge is 2.32. The van der Waals surface area contributed by atoms with Gasteiger partial charge in [0, 0.05) is 34.3 Å². The quantitative estimate of drug-likeness (QED) is 0.325. The number of ether oxygens (including phenoxy) is 2. The Balaban J connectivity index is 0.00000235. The molecule has 1 heterocycles. The first-order chi connectivity index (χ1) is 17.8. The summed E-state index contributed by atoms with van der Waals surface area (Å²) >= 11 is 1.75. The molecule has 198 valence electrons. The van der Waals surface area contributed by atoms with Crippen molar-refractivity contribution in [2.75, 3.05) is 19.5 Å². The molecule has 0 radical (unpaired) electrons. The molecule has 0 aromatic heterocycles. The zero-order valence-corrected chi connectivity index (χ0v) is 23.4. The van der Waals surface area contributed by atoms with Crippen LogP contribution in [0.3, 0.4) is 0 Å². The van der Waals surface area contributed by atoms with Crippen molar-refractivity contribution in [3.8, 4) is 11.5 Å². The van der Waals surface area contributed by atoms with Gasteiger partial charge in [0.05, 0.1) is 12.6 Å². The molecule has 0 saturated heterocycles. The fraction of sp³-hybridized carbons (Fsp3) is 0.333. The highest BCUT2D eigenvalue weighted by atomic mass is 32.2. The summed E-state index contributed by atoms with van der Waals surface area (Å²) in [5, 5.41) is 6.55. The van der Waals surface area contributed by atoms with Crippen LogP contribution in [0.4, 0.5) is 4.39 Å². The molecule has 0 bridgehead atoms. The number of benzene rings is 2. The minimum atomic E-state index is -0.245. The lowest BCUT2D eigenvalue weighted by Gasteiger charge is -2.23. The standard InChI is InChI=1S/C29H35FN2O2S.CH2O/c1-7-22(30)14-13-20(3)21(4)31-23(8-2)17-29(5)19-35-28(32-29)18-34-27-16-15-26(33-6)24-11-9-10-12-25(24)27;1-2/h7-16,31H,17-19H2,1-6H3;1H2/b14-13-,21-20+,22-7+,23-8-;. The summed E-state index contributed by atoms with van der Waals surface area (Å²) in [6.45, 7) is 12.3. The summed E-state index contributed by atoms with van der Waals surface area (Å²) in [7, 11) is 1.68. The molecule has 7 heteroatoms. The van der Waals surface area contributed by atoms with Crippen LogP contribution in [-0.2, 0) is 4.79 Å². The molecule has 37 heavy (non-hydrogen) atoms. The van der Waals surface area contributed by atoms with Crippen LogP contribution in [0.25, 0.3) is 10.8 Å². The smallest absolute Gasteiger partial charge is 0.136 e. The van der Waals surface area contributed by atoms with Crippen molar-refractivity contribution in [2.45, 2.75) is 46.6 Å². The van der Waals surface area contributed by atoms with Gasteiger partial charge in [0.15, 0.2) is 0 Å². The summed E-state index contributed by atoms with van der Waals surface area (Å²) in [5.41, 5.74) is 2.85. The van der Waals surface area contributed by atoms with Crippen LogP contribution in [0.2, 0.25) is 0 Å². The third-order valence-electron chi connectivity index (χ3n) is 5.99. The first kappa shape index (κ1) is 29.9. The van der Waals surface area contributed by atoms with Gasteiger partial charge in [-0.2, -0.15) is 0 Å². The Bertz CT molecular complexity index is 1230. The first-order valence-corrected chi connectivity index (χ1v) is 13.1. The van der Waals surface area contributed by atoms with Gasteiger partial charge in [-0.1, -0.05) is 42.5 Å². The van der Waals surface area contributed by atoms with Crippen LogP contribution in [0.1, 0.15) is 41.0 Å². The number of nitrogens with zero attached hydrogens (tertiary/aromatic N) is 1. The maximum absolute atomic E-state index is 13.4. The highest BCUT2D eigenvalue weighted by Crippen LogP contribution is 2.35. The number of allylic oxidation sites excluding steroid dienone is 7. The third kappa shape index (κ3) is 8.35. The average molecular weight is 525 g/mol. The van der Waals surface area contributed by atoms with Crippen molar-refractivity contribution in [3.63, 3.8) is 0 Å². The Labute approximate surface area is 224 Å². The number of carbonyl (C=O) groups is 1. The molecule has 0 amide bonds. The Hall–Kier alpha value is -3.32. The minimum absolute atomic E-state index is 0.221. The SMILES string of the molecule is C/C=C(/CC1(C)CSC(COc2ccc(OC)c3ccccc23)=N1)N/C(C)=C(C)/C=C\C(F)=C/C.C=O. The van der Waals surface area contributed by atoms with Crippen LogP contribution in [0.15, 0.2) is 88.5 Å². The Morgan fingerprint density at radius 3 is 2.38 bits per heavy atom. The molecular weight excluding hydrogens is 487 g/mol. The minimum Gasteiger partial charge on any atom is -0.496 e. The van der Waals surface area contributed by atoms with E-state index >= 15 is 0 Å². The zero-order valence-electron chi connectivity index (χ0n) is 22.6. The molecule has 1 N–H and O–H groups in total. The van der Waals surface area contributed by atoms with Crippen molar-refractivity contribution in [3.05, 3.63) is 83.5 Å². The van der Waals surface area contributed by atoms with E-state index in [1.54, 1.807) is 31.9 Å². The maximum Gasteiger partial charge on any atom is 0.136 e. The maximum atomic E-state index is 13.4. The van der Waals surface area contributed by atoms with Crippen molar-refractivity contribution < 1.29 is 18.7 Å². The molecule has 1 aliphatic rings. The van der Waals surface area contributed by atoms with E-state index in [1.807, 2.05) is 64.0 Å². The lowest BCUT2D eigenvalue weighted by molar-refractivity contribution is -0.0980. The van der Waals surface area contributed by atoms with Crippen LogP contribution < -0.4 is 14.8 Å². The van der Waals surface area contributed by atoms with E-state index in [0.29, 0.717) is 6.61 Å². The predicted molar refractivity (Wildman–Crippen MR) is 155 cm³/mol. The number of rotatable bonds is 10. The lowest BCUT2D eigenvalue weighted by atomic mass is 9.98. The van der Waals surface area contributed by atoms with E-state index in [2.05, 4.69) is 18.3 Å². The van der Waals surface area contributed by atoms with Crippen molar-refractivity contribution in [1.29, 1.82) is 0 Å².